The standard InChI is InChI=1S/C15H25NO3/c1-8-6-7-10-4-3-5-11-9(2)13(14(16)17)19-15(18-8)12(10)11/h8-13,15H,3-7H2,1-2H3,(H2,16,17)/t8?,9?,10-,11?,12?,13-,15?/m1/s1. The maximum absolute atomic E-state index is 11.6. The third-order valence-electron chi connectivity index (χ3n) is 5.49. The molecule has 2 N–H and O–H groups in total. The summed E-state index contributed by atoms with van der Waals surface area (Å²) in [5.74, 6) is 1.57. The van der Waals surface area contributed by atoms with Crippen LogP contribution >= 0.6 is 0 Å². The minimum absolute atomic E-state index is 0.221. The molecule has 0 bridgehead atoms. The van der Waals surface area contributed by atoms with Crippen LogP contribution in [0.15, 0.2) is 0 Å². The summed E-state index contributed by atoms with van der Waals surface area (Å²) in [5.41, 5.74) is 5.50. The third kappa shape index (κ3) is 2.29. The van der Waals surface area contributed by atoms with E-state index >= 15 is 0 Å². The minimum Gasteiger partial charge on any atom is -0.367 e. The molecule has 5 unspecified atom stereocenters. The van der Waals surface area contributed by atoms with E-state index in [1.165, 1.54) is 25.7 Å². The second kappa shape index (κ2) is 5.06. The fourth-order valence-electron chi connectivity index (χ4n) is 4.50. The molecule has 7 atom stereocenters. The lowest BCUT2D eigenvalue weighted by molar-refractivity contribution is -0.267. The molecule has 3 aliphatic rings. The van der Waals surface area contributed by atoms with Crippen LogP contribution in [0.4, 0.5) is 0 Å². The average Bonchev–Trinajstić information content (AvgIpc) is 2.54. The molecule has 4 heteroatoms. The van der Waals surface area contributed by atoms with Gasteiger partial charge in [-0.3, -0.25) is 4.79 Å². The molecule has 2 heterocycles. The Morgan fingerprint density at radius 2 is 1.89 bits per heavy atom. The second-order valence-corrected chi connectivity index (χ2v) is 6.64. The summed E-state index contributed by atoms with van der Waals surface area (Å²) in [6.07, 6.45) is 5.59. The number of ether oxygens (including phenoxy) is 2. The van der Waals surface area contributed by atoms with E-state index in [2.05, 4.69) is 13.8 Å². The van der Waals surface area contributed by atoms with Gasteiger partial charge < -0.3 is 15.2 Å². The first-order valence-electron chi connectivity index (χ1n) is 7.68. The molecule has 19 heavy (non-hydrogen) atoms. The summed E-state index contributed by atoms with van der Waals surface area (Å²) < 4.78 is 12.0. The van der Waals surface area contributed by atoms with Crippen LogP contribution in [0.2, 0.25) is 0 Å². The van der Waals surface area contributed by atoms with Crippen molar-refractivity contribution < 1.29 is 14.3 Å². The summed E-state index contributed by atoms with van der Waals surface area (Å²) in [4.78, 5) is 11.6. The van der Waals surface area contributed by atoms with E-state index in [1.807, 2.05) is 0 Å². The Balaban J connectivity index is 1.89. The summed E-state index contributed by atoms with van der Waals surface area (Å²) in [6, 6.07) is 0. The van der Waals surface area contributed by atoms with Gasteiger partial charge in [0.1, 0.15) is 6.10 Å². The van der Waals surface area contributed by atoms with Crippen molar-refractivity contribution >= 4 is 5.91 Å². The highest BCUT2D eigenvalue weighted by Gasteiger charge is 2.51. The van der Waals surface area contributed by atoms with E-state index < -0.39 is 6.10 Å². The maximum atomic E-state index is 11.6. The lowest BCUT2D eigenvalue weighted by Crippen LogP contribution is -2.55. The molecule has 3 fully saturated rings. The molecule has 0 aromatic carbocycles. The van der Waals surface area contributed by atoms with Crippen molar-refractivity contribution in [3.8, 4) is 0 Å². The predicted octanol–water partition coefficient (Wildman–Crippen LogP) is 2.06. The van der Waals surface area contributed by atoms with Crippen molar-refractivity contribution in [1.82, 2.24) is 0 Å². The van der Waals surface area contributed by atoms with Gasteiger partial charge in [0.25, 0.3) is 0 Å². The zero-order chi connectivity index (χ0) is 13.6. The summed E-state index contributed by atoms with van der Waals surface area (Å²) in [7, 11) is 0. The number of primary amides is 1. The van der Waals surface area contributed by atoms with Gasteiger partial charge in [0.15, 0.2) is 6.29 Å². The zero-order valence-corrected chi connectivity index (χ0v) is 11.9. The maximum Gasteiger partial charge on any atom is 0.246 e. The van der Waals surface area contributed by atoms with E-state index in [0.29, 0.717) is 17.8 Å². The summed E-state index contributed by atoms with van der Waals surface area (Å²) in [6.45, 7) is 4.22. The third-order valence-corrected chi connectivity index (χ3v) is 5.49. The second-order valence-electron chi connectivity index (χ2n) is 6.64. The molecule has 4 nitrogen and oxygen atoms in total. The number of rotatable bonds is 1. The minimum atomic E-state index is -0.477. The van der Waals surface area contributed by atoms with Crippen LogP contribution < -0.4 is 5.73 Å². The van der Waals surface area contributed by atoms with Crippen molar-refractivity contribution in [2.24, 2.45) is 29.4 Å². The Morgan fingerprint density at radius 3 is 2.63 bits per heavy atom. The van der Waals surface area contributed by atoms with Gasteiger partial charge >= 0.3 is 0 Å². The van der Waals surface area contributed by atoms with E-state index in [1.54, 1.807) is 0 Å². The van der Waals surface area contributed by atoms with Gasteiger partial charge in [0, 0.05) is 5.92 Å². The lowest BCUT2D eigenvalue weighted by atomic mass is 9.63. The molecular formula is C15H25NO3. The molecule has 1 saturated carbocycles. The summed E-state index contributed by atoms with van der Waals surface area (Å²) in [5, 5.41) is 0. The molecule has 0 aromatic heterocycles. The number of amides is 1. The Bertz CT molecular complexity index is 359. The van der Waals surface area contributed by atoms with Gasteiger partial charge in [-0.25, -0.2) is 0 Å². The smallest absolute Gasteiger partial charge is 0.246 e. The van der Waals surface area contributed by atoms with Gasteiger partial charge in [-0.15, -0.1) is 0 Å². The summed E-state index contributed by atoms with van der Waals surface area (Å²) >= 11 is 0. The fourth-order valence-corrected chi connectivity index (χ4v) is 4.50. The highest BCUT2D eigenvalue weighted by atomic mass is 16.7. The Morgan fingerprint density at radius 1 is 1.11 bits per heavy atom. The fraction of sp³-hybridized carbons (Fsp3) is 0.933. The van der Waals surface area contributed by atoms with Gasteiger partial charge in [-0.1, -0.05) is 13.3 Å². The van der Waals surface area contributed by atoms with E-state index in [-0.39, 0.29) is 24.2 Å². The SMILES string of the molecule is CC1CC[C@H]2CCCC3C2C(O1)O[C@@H](C(N)=O)C3C. The van der Waals surface area contributed by atoms with Crippen LogP contribution in [0.25, 0.3) is 0 Å². The largest absolute Gasteiger partial charge is 0.367 e. The predicted molar refractivity (Wildman–Crippen MR) is 71.1 cm³/mol. The van der Waals surface area contributed by atoms with E-state index in [9.17, 15) is 4.79 Å². The Labute approximate surface area is 115 Å². The first-order chi connectivity index (χ1) is 9.08. The average molecular weight is 267 g/mol. The number of hydrogen-bond donors (Lipinski definition) is 1. The first-order valence-corrected chi connectivity index (χ1v) is 7.68. The number of nitrogens with two attached hydrogens (primary N) is 1. The van der Waals surface area contributed by atoms with E-state index in [4.69, 9.17) is 15.2 Å². The molecular weight excluding hydrogens is 242 g/mol. The Hall–Kier alpha value is -0.610. The topological polar surface area (TPSA) is 61.6 Å². The molecule has 1 aliphatic carbocycles. The molecule has 2 saturated heterocycles. The van der Waals surface area contributed by atoms with Crippen LogP contribution in [0.1, 0.15) is 46.0 Å². The highest BCUT2D eigenvalue weighted by molar-refractivity contribution is 5.79. The van der Waals surface area contributed by atoms with Gasteiger partial charge in [-0.05, 0) is 50.4 Å². The van der Waals surface area contributed by atoms with Gasteiger partial charge in [0.2, 0.25) is 5.91 Å². The zero-order valence-electron chi connectivity index (χ0n) is 11.9. The van der Waals surface area contributed by atoms with Crippen LogP contribution in [0.5, 0.6) is 0 Å². The molecule has 3 rings (SSSR count). The van der Waals surface area contributed by atoms with Crippen LogP contribution in [0.3, 0.4) is 0 Å². The van der Waals surface area contributed by atoms with Gasteiger partial charge in [0.05, 0.1) is 6.10 Å². The molecule has 1 amide bonds. The van der Waals surface area contributed by atoms with Crippen LogP contribution in [-0.2, 0) is 14.3 Å². The molecule has 0 spiro atoms. The van der Waals surface area contributed by atoms with Crippen molar-refractivity contribution in [3.05, 3.63) is 0 Å². The van der Waals surface area contributed by atoms with Crippen molar-refractivity contribution in [2.75, 3.05) is 0 Å². The van der Waals surface area contributed by atoms with Crippen molar-refractivity contribution in [1.29, 1.82) is 0 Å². The number of carbonyl (C=O) groups excluding carboxylic acids is 1. The van der Waals surface area contributed by atoms with Gasteiger partial charge in [-0.2, -0.15) is 0 Å². The molecule has 2 aliphatic heterocycles. The monoisotopic (exact) mass is 267 g/mol. The molecule has 108 valence electrons. The van der Waals surface area contributed by atoms with E-state index in [0.717, 1.165) is 6.42 Å². The van der Waals surface area contributed by atoms with Crippen molar-refractivity contribution in [2.45, 2.75) is 64.4 Å². The quantitative estimate of drug-likeness (QED) is 0.791. The van der Waals surface area contributed by atoms with Crippen LogP contribution in [-0.4, -0.2) is 24.4 Å². The first kappa shape index (κ1) is 13.4. The van der Waals surface area contributed by atoms with Crippen LogP contribution in [0, 0.1) is 23.7 Å². The highest BCUT2D eigenvalue weighted by Crippen LogP contribution is 2.50. The molecule has 0 radical (unpaired) electrons. The lowest BCUT2D eigenvalue weighted by Gasteiger charge is -2.49. The van der Waals surface area contributed by atoms with Crippen molar-refractivity contribution in [3.63, 3.8) is 0 Å². The number of hydrogen-bond acceptors (Lipinski definition) is 3. The Kier molecular flexibility index (Phi) is 3.56. The number of carbonyl (C=O) groups is 1. The molecule has 0 aromatic rings. The normalized spacial score (nSPS) is 50.1.